The highest BCUT2D eigenvalue weighted by atomic mass is 35.5. The molecule has 1 aliphatic heterocycles. The smallest absolute Gasteiger partial charge is 0.273 e. The van der Waals surface area contributed by atoms with Crippen LogP contribution in [0.3, 0.4) is 0 Å². The topological polar surface area (TPSA) is 71.8 Å². The molecule has 0 unspecified atom stereocenters. The maximum Gasteiger partial charge on any atom is 0.273 e. The average Bonchev–Trinajstić information content (AvgIpc) is 3.01. The third-order valence-corrected chi connectivity index (χ3v) is 5.37. The molecule has 0 saturated carbocycles. The van der Waals surface area contributed by atoms with E-state index in [1.54, 1.807) is 6.07 Å². The fraction of sp³-hybridized carbons (Fsp3) is 0.471. The summed E-state index contributed by atoms with van der Waals surface area (Å²) in [6.45, 7) is 4.28. The van der Waals surface area contributed by atoms with Gasteiger partial charge in [-0.05, 0) is 50.9 Å². The number of hydrogen-bond donors (Lipinski definition) is 2. The molecule has 2 N–H and O–H groups in total. The first-order valence-corrected chi connectivity index (χ1v) is 9.17. The normalized spacial score (nSPS) is 15.3. The van der Waals surface area contributed by atoms with E-state index in [2.05, 4.69) is 20.9 Å². The standard InChI is InChI=1S/C17H21Cl2N5O/c1-11-16(22-23-24(11)13-6-8-20-9-7-13)17(25)21-10-5-12-3-2-4-14(18)15(12)19/h2-4,13,20H,5-10H2,1H3,(H,21,25). The minimum absolute atomic E-state index is 0.212. The molecule has 0 bridgehead atoms. The monoisotopic (exact) mass is 381 g/mol. The molecule has 25 heavy (non-hydrogen) atoms. The van der Waals surface area contributed by atoms with Crippen molar-refractivity contribution in [2.75, 3.05) is 19.6 Å². The van der Waals surface area contributed by atoms with Crippen molar-refractivity contribution in [1.82, 2.24) is 25.6 Å². The van der Waals surface area contributed by atoms with Gasteiger partial charge in [0.1, 0.15) is 0 Å². The van der Waals surface area contributed by atoms with Gasteiger partial charge in [0.2, 0.25) is 0 Å². The lowest BCUT2D eigenvalue weighted by Crippen LogP contribution is -2.30. The Morgan fingerprint density at radius 3 is 2.88 bits per heavy atom. The maximum atomic E-state index is 12.4. The molecule has 3 rings (SSSR count). The van der Waals surface area contributed by atoms with Crippen LogP contribution in [0, 0.1) is 6.92 Å². The third-order valence-electron chi connectivity index (χ3n) is 4.51. The lowest BCUT2D eigenvalue weighted by molar-refractivity contribution is 0.0948. The fourth-order valence-electron chi connectivity index (χ4n) is 3.08. The molecule has 1 aromatic heterocycles. The van der Waals surface area contributed by atoms with Crippen LogP contribution in [0.4, 0.5) is 0 Å². The zero-order valence-electron chi connectivity index (χ0n) is 14.1. The molecule has 2 heterocycles. The predicted molar refractivity (Wildman–Crippen MR) is 98.4 cm³/mol. The van der Waals surface area contributed by atoms with Crippen molar-refractivity contribution in [3.05, 3.63) is 45.2 Å². The summed E-state index contributed by atoms with van der Waals surface area (Å²) in [4.78, 5) is 12.4. The minimum Gasteiger partial charge on any atom is -0.350 e. The molecule has 1 saturated heterocycles. The number of carbonyl (C=O) groups is 1. The Morgan fingerprint density at radius 1 is 1.36 bits per heavy atom. The highest BCUT2D eigenvalue weighted by Crippen LogP contribution is 2.25. The molecule has 0 atom stereocenters. The SMILES string of the molecule is Cc1c(C(=O)NCCc2cccc(Cl)c2Cl)nnn1C1CCNCC1. The summed E-state index contributed by atoms with van der Waals surface area (Å²) >= 11 is 12.2. The molecule has 6 nitrogen and oxygen atoms in total. The van der Waals surface area contributed by atoms with Crippen molar-refractivity contribution in [3.8, 4) is 0 Å². The van der Waals surface area contributed by atoms with Crippen molar-refractivity contribution < 1.29 is 4.79 Å². The van der Waals surface area contributed by atoms with E-state index in [-0.39, 0.29) is 5.91 Å². The van der Waals surface area contributed by atoms with Gasteiger partial charge in [-0.25, -0.2) is 4.68 Å². The first-order valence-electron chi connectivity index (χ1n) is 8.41. The van der Waals surface area contributed by atoms with Crippen LogP contribution in [0.1, 0.15) is 40.6 Å². The molecule has 2 aromatic rings. The number of rotatable bonds is 5. The van der Waals surface area contributed by atoms with Crippen LogP contribution >= 0.6 is 23.2 Å². The molecule has 134 valence electrons. The van der Waals surface area contributed by atoms with Gasteiger partial charge in [0, 0.05) is 6.54 Å². The van der Waals surface area contributed by atoms with Gasteiger partial charge in [-0.15, -0.1) is 5.10 Å². The lowest BCUT2D eigenvalue weighted by atomic mass is 10.1. The summed E-state index contributed by atoms with van der Waals surface area (Å²) in [5.41, 5.74) is 2.10. The number of halogens is 2. The molecule has 1 aromatic carbocycles. The number of nitrogens with zero attached hydrogens (tertiary/aromatic N) is 3. The number of hydrogen-bond acceptors (Lipinski definition) is 4. The molecule has 1 amide bonds. The molecule has 0 aliphatic carbocycles. The largest absolute Gasteiger partial charge is 0.350 e. The average molecular weight is 382 g/mol. The minimum atomic E-state index is -0.212. The van der Waals surface area contributed by atoms with Gasteiger partial charge in [0.15, 0.2) is 5.69 Å². The van der Waals surface area contributed by atoms with E-state index in [4.69, 9.17) is 23.2 Å². The summed E-state index contributed by atoms with van der Waals surface area (Å²) < 4.78 is 1.88. The van der Waals surface area contributed by atoms with Crippen molar-refractivity contribution in [2.24, 2.45) is 0 Å². The van der Waals surface area contributed by atoms with E-state index in [0.29, 0.717) is 34.7 Å². The second-order valence-electron chi connectivity index (χ2n) is 6.17. The molecule has 0 spiro atoms. The maximum absolute atomic E-state index is 12.4. The van der Waals surface area contributed by atoms with Gasteiger partial charge in [0.05, 0.1) is 21.8 Å². The van der Waals surface area contributed by atoms with Crippen LogP contribution in [0.15, 0.2) is 18.2 Å². The third kappa shape index (κ3) is 4.14. The number of aromatic nitrogens is 3. The number of benzene rings is 1. The quantitative estimate of drug-likeness (QED) is 0.834. The summed E-state index contributed by atoms with van der Waals surface area (Å²) in [5.74, 6) is -0.212. The Bertz CT molecular complexity index is 755. The Kier molecular flexibility index (Phi) is 5.93. The summed E-state index contributed by atoms with van der Waals surface area (Å²) in [7, 11) is 0. The van der Waals surface area contributed by atoms with Crippen LogP contribution in [-0.2, 0) is 6.42 Å². The Hall–Kier alpha value is -1.63. The Morgan fingerprint density at radius 2 is 2.12 bits per heavy atom. The van der Waals surface area contributed by atoms with Crippen LogP contribution in [-0.4, -0.2) is 40.5 Å². The van der Waals surface area contributed by atoms with E-state index in [1.807, 2.05) is 23.7 Å². The number of carbonyl (C=O) groups excluding carboxylic acids is 1. The van der Waals surface area contributed by atoms with E-state index in [9.17, 15) is 4.79 Å². The van der Waals surface area contributed by atoms with E-state index >= 15 is 0 Å². The van der Waals surface area contributed by atoms with Gasteiger partial charge in [-0.1, -0.05) is 40.5 Å². The molecular weight excluding hydrogens is 361 g/mol. The van der Waals surface area contributed by atoms with Crippen molar-refractivity contribution >= 4 is 29.1 Å². The second kappa shape index (κ2) is 8.17. The summed E-state index contributed by atoms with van der Waals surface area (Å²) in [6.07, 6.45) is 2.60. The van der Waals surface area contributed by atoms with Gasteiger partial charge in [0.25, 0.3) is 5.91 Å². The van der Waals surface area contributed by atoms with E-state index in [1.165, 1.54) is 0 Å². The number of amides is 1. The molecule has 1 aliphatic rings. The predicted octanol–water partition coefficient (Wildman–Crippen LogP) is 2.79. The van der Waals surface area contributed by atoms with Crippen molar-refractivity contribution in [1.29, 1.82) is 0 Å². The molecular formula is C17H21Cl2N5O. The highest BCUT2D eigenvalue weighted by Gasteiger charge is 2.22. The zero-order chi connectivity index (χ0) is 17.8. The van der Waals surface area contributed by atoms with Gasteiger partial charge >= 0.3 is 0 Å². The van der Waals surface area contributed by atoms with Crippen molar-refractivity contribution in [3.63, 3.8) is 0 Å². The molecule has 8 heteroatoms. The Balaban J connectivity index is 1.60. The van der Waals surface area contributed by atoms with Crippen LogP contribution in [0.25, 0.3) is 0 Å². The van der Waals surface area contributed by atoms with Crippen LogP contribution < -0.4 is 10.6 Å². The molecule has 0 radical (unpaired) electrons. The van der Waals surface area contributed by atoms with Gasteiger partial charge < -0.3 is 10.6 Å². The number of piperidine rings is 1. The fourth-order valence-corrected chi connectivity index (χ4v) is 3.50. The Labute approximate surface area is 156 Å². The highest BCUT2D eigenvalue weighted by molar-refractivity contribution is 6.42. The van der Waals surface area contributed by atoms with Crippen LogP contribution in [0.5, 0.6) is 0 Å². The summed E-state index contributed by atoms with van der Waals surface area (Å²) in [6, 6.07) is 5.80. The summed E-state index contributed by atoms with van der Waals surface area (Å²) in [5, 5.41) is 15.5. The van der Waals surface area contributed by atoms with Crippen LogP contribution in [0.2, 0.25) is 10.0 Å². The first kappa shape index (κ1) is 18.2. The van der Waals surface area contributed by atoms with Crippen molar-refractivity contribution in [2.45, 2.75) is 32.2 Å². The number of nitrogens with one attached hydrogen (secondary N) is 2. The van der Waals surface area contributed by atoms with Gasteiger partial charge in [-0.3, -0.25) is 4.79 Å². The zero-order valence-corrected chi connectivity index (χ0v) is 15.6. The van der Waals surface area contributed by atoms with E-state index in [0.717, 1.165) is 37.2 Å². The van der Waals surface area contributed by atoms with Gasteiger partial charge in [-0.2, -0.15) is 0 Å². The second-order valence-corrected chi connectivity index (χ2v) is 6.95. The lowest BCUT2D eigenvalue weighted by Gasteiger charge is -2.23. The first-order chi connectivity index (χ1) is 12.1. The van der Waals surface area contributed by atoms with E-state index < -0.39 is 0 Å². The molecule has 1 fully saturated rings.